The van der Waals surface area contributed by atoms with Gasteiger partial charge in [0, 0.05) is 24.4 Å². The van der Waals surface area contributed by atoms with Gasteiger partial charge in [0.15, 0.2) is 23.0 Å². The molecule has 0 amide bonds. The average molecular weight is 291 g/mol. The summed E-state index contributed by atoms with van der Waals surface area (Å²) in [5.74, 6) is 1.62. The molecule has 1 aromatic heterocycles. The summed E-state index contributed by atoms with van der Waals surface area (Å²) in [5.41, 5.74) is 0.628. The van der Waals surface area contributed by atoms with Crippen molar-refractivity contribution >= 4 is 16.8 Å². The summed E-state index contributed by atoms with van der Waals surface area (Å²) >= 11 is 0. The van der Waals surface area contributed by atoms with Gasteiger partial charge in [0.1, 0.15) is 12.2 Å². The zero-order valence-electron chi connectivity index (χ0n) is 12.9. The van der Waals surface area contributed by atoms with Crippen molar-refractivity contribution in [1.29, 1.82) is 0 Å². The van der Waals surface area contributed by atoms with Crippen LogP contribution in [0.1, 0.15) is 23.9 Å². The average Bonchev–Trinajstić information content (AvgIpc) is 2.87. The lowest BCUT2D eigenvalue weighted by atomic mass is 10.2. The number of methoxy groups -OCH3 is 1. The van der Waals surface area contributed by atoms with Crippen LogP contribution in [0.15, 0.2) is 22.6 Å². The number of hydrogen-bond acceptors (Lipinski definition) is 5. The zero-order valence-corrected chi connectivity index (χ0v) is 12.9. The van der Waals surface area contributed by atoms with Crippen LogP contribution in [0.25, 0.3) is 11.0 Å². The number of likely N-dealkylation sites (N-methyl/N-ethyl adjacent to an activating group) is 1. The van der Waals surface area contributed by atoms with Crippen molar-refractivity contribution < 1.29 is 18.7 Å². The summed E-state index contributed by atoms with van der Waals surface area (Å²) in [5, 5.41) is 0.840. The topological polar surface area (TPSA) is 51.9 Å². The molecule has 0 unspecified atom stereocenters. The second kappa shape index (κ2) is 6.63. The summed E-state index contributed by atoms with van der Waals surface area (Å²) in [6.07, 6.45) is 0.420. The maximum absolute atomic E-state index is 11.7. The van der Waals surface area contributed by atoms with Crippen LogP contribution in [0, 0.1) is 0 Å². The first-order valence-electron chi connectivity index (χ1n) is 6.97. The molecule has 1 heterocycles. The summed E-state index contributed by atoms with van der Waals surface area (Å²) in [7, 11) is 5.56. The molecule has 0 N–H and O–H groups in total. The highest BCUT2D eigenvalue weighted by Gasteiger charge is 2.14. The Morgan fingerprint density at radius 1 is 1.24 bits per heavy atom. The molecule has 2 rings (SSSR count). The van der Waals surface area contributed by atoms with Crippen LogP contribution in [-0.2, 0) is 0 Å². The van der Waals surface area contributed by atoms with E-state index in [0.717, 1.165) is 11.9 Å². The van der Waals surface area contributed by atoms with E-state index in [2.05, 4.69) is 0 Å². The monoisotopic (exact) mass is 291 g/mol. The van der Waals surface area contributed by atoms with E-state index < -0.39 is 0 Å². The Morgan fingerprint density at radius 2 is 2.00 bits per heavy atom. The Hall–Kier alpha value is -2.01. The van der Waals surface area contributed by atoms with E-state index in [1.807, 2.05) is 32.0 Å². The van der Waals surface area contributed by atoms with Crippen LogP contribution in [-0.4, -0.2) is 45.0 Å². The van der Waals surface area contributed by atoms with Crippen molar-refractivity contribution in [1.82, 2.24) is 4.90 Å². The number of hydrogen-bond donors (Lipinski definition) is 0. The Kier molecular flexibility index (Phi) is 4.85. The maximum atomic E-state index is 11.7. The molecule has 5 nitrogen and oxygen atoms in total. The minimum Gasteiger partial charge on any atom is -0.493 e. The van der Waals surface area contributed by atoms with E-state index in [-0.39, 0.29) is 5.78 Å². The fourth-order valence-corrected chi connectivity index (χ4v) is 1.97. The molecular weight excluding hydrogens is 270 g/mol. The summed E-state index contributed by atoms with van der Waals surface area (Å²) in [6, 6.07) is 5.35. The number of furan rings is 1. The lowest BCUT2D eigenvalue weighted by Gasteiger charge is -2.13. The van der Waals surface area contributed by atoms with E-state index in [1.165, 1.54) is 0 Å². The first kappa shape index (κ1) is 15.4. The second-order valence-corrected chi connectivity index (χ2v) is 5.08. The number of fused-ring (bicyclic) bond motifs is 1. The number of carbonyl (C=O) groups excluding carboxylic acids is 1. The summed E-state index contributed by atoms with van der Waals surface area (Å²) in [4.78, 5) is 13.8. The van der Waals surface area contributed by atoms with Crippen molar-refractivity contribution in [3.8, 4) is 11.5 Å². The van der Waals surface area contributed by atoms with Gasteiger partial charge >= 0.3 is 0 Å². The van der Waals surface area contributed by atoms with Crippen LogP contribution in [0.5, 0.6) is 11.5 Å². The quantitative estimate of drug-likeness (QED) is 0.734. The van der Waals surface area contributed by atoms with E-state index in [4.69, 9.17) is 13.9 Å². The number of ketones is 1. The van der Waals surface area contributed by atoms with Crippen LogP contribution in [0.4, 0.5) is 0 Å². The van der Waals surface area contributed by atoms with Crippen LogP contribution in [0.2, 0.25) is 0 Å². The third-order valence-electron chi connectivity index (χ3n) is 3.19. The molecule has 5 heteroatoms. The standard InChI is InChI=1S/C16H21NO4/c1-5-12(18)14-8-11-9-16(20-7-6-17(2)3)15(19-4)10-13(11)21-14/h8-10H,5-7H2,1-4H3. The van der Waals surface area contributed by atoms with Gasteiger partial charge in [-0.25, -0.2) is 0 Å². The Labute approximate surface area is 124 Å². The predicted octanol–water partition coefficient (Wildman–Crippen LogP) is 2.97. The van der Waals surface area contributed by atoms with Crippen molar-refractivity contribution in [3.63, 3.8) is 0 Å². The molecule has 0 fully saturated rings. The SMILES string of the molecule is CCC(=O)c1cc2cc(OCCN(C)C)c(OC)cc2o1. The third-order valence-corrected chi connectivity index (χ3v) is 3.19. The molecule has 0 aliphatic carbocycles. The number of Topliss-reactive ketones (excluding diaryl/α,β-unsaturated/α-hetero) is 1. The normalized spacial score (nSPS) is 11.1. The van der Waals surface area contributed by atoms with Gasteiger partial charge in [0.2, 0.25) is 0 Å². The van der Waals surface area contributed by atoms with Gasteiger partial charge < -0.3 is 18.8 Å². The van der Waals surface area contributed by atoms with Crippen molar-refractivity contribution in [2.75, 3.05) is 34.4 Å². The molecule has 0 spiro atoms. The number of nitrogens with zero attached hydrogens (tertiary/aromatic N) is 1. The maximum Gasteiger partial charge on any atom is 0.197 e. The molecule has 1 aromatic carbocycles. The Bertz CT molecular complexity index is 630. The summed E-state index contributed by atoms with van der Waals surface area (Å²) < 4.78 is 16.6. The van der Waals surface area contributed by atoms with Gasteiger partial charge in [-0.2, -0.15) is 0 Å². The van der Waals surface area contributed by atoms with E-state index in [0.29, 0.717) is 35.9 Å². The van der Waals surface area contributed by atoms with Crippen LogP contribution >= 0.6 is 0 Å². The van der Waals surface area contributed by atoms with Gasteiger partial charge in [0.05, 0.1) is 7.11 Å². The van der Waals surface area contributed by atoms with E-state index in [9.17, 15) is 4.79 Å². The van der Waals surface area contributed by atoms with Crippen molar-refractivity contribution in [2.45, 2.75) is 13.3 Å². The highest BCUT2D eigenvalue weighted by atomic mass is 16.5. The Balaban J connectivity index is 2.29. The molecule has 114 valence electrons. The molecule has 0 bridgehead atoms. The second-order valence-electron chi connectivity index (χ2n) is 5.08. The summed E-state index contributed by atoms with van der Waals surface area (Å²) in [6.45, 7) is 3.19. The molecular formula is C16H21NO4. The minimum absolute atomic E-state index is 0.0137. The molecule has 0 saturated carbocycles. The molecule has 0 aliphatic rings. The first-order chi connectivity index (χ1) is 10.0. The van der Waals surface area contributed by atoms with Gasteiger partial charge in [-0.05, 0) is 26.2 Å². The molecule has 0 saturated heterocycles. The third kappa shape index (κ3) is 3.55. The fourth-order valence-electron chi connectivity index (χ4n) is 1.97. The van der Waals surface area contributed by atoms with Crippen LogP contribution < -0.4 is 9.47 Å². The van der Waals surface area contributed by atoms with Gasteiger partial charge in [-0.15, -0.1) is 0 Å². The molecule has 0 aliphatic heterocycles. The molecule has 0 atom stereocenters. The Morgan fingerprint density at radius 3 is 2.62 bits per heavy atom. The lowest BCUT2D eigenvalue weighted by molar-refractivity contribution is 0.0963. The molecule has 21 heavy (non-hydrogen) atoms. The lowest BCUT2D eigenvalue weighted by Crippen LogP contribution is -2.19. The molecule has 2 aromatic rings. The van der Waals surface area contributed by atoms with Crippen LogP contribution in [0.3, 0.4) is 0 Å². The predicted molar refractivity (Wildman–Crippen MR) is 81.4 cm³/mol. The highest BCUT2D eigenvalue weighted by Crippen LogP contribution is 2.34. The van der Waals surface area contributed by atoms with Crippen molar-refractivity contribution in [3.05, 3.63) is 24.0 Å². The largest absolute Gasteiger partial charge is 0.493 e. The molecule has 0 radical (unpaired) electrons. The smallest absolute Gasteiger partial charge is 0.197 e. The van der Waals surface area contributed by atoms with Gasteiger partial charge in [-0.1, -0.05) is 6.92 Å². The zero-order chi connectivity index (χ0) is 15.4. The number of carbonyl (C=O) groups is 1. The number of benzene rings is 1. The van der Waals surface area contributed by atoms with Gasteiger partial charge in [0.25, 0.3) is 0 Å². The minimum atomic E-state index is -0.0137. The van der Waals surface area contributed by atoms with Crippen molar-refractivity contribution in [2.24, 2.45) is 0 Å². The fraction of sp³-hybridized carbons (Fsp3) is 0.438. The first-order valence-corrected chi connectivity index (χ1v) is 6.97. The van der Waals surface area contributed by atoms with E-state index >= 15 is 0 Å². The van der Waals surface area contributed by atoms with E-state index in [1.54, 1.807) is 19.2 Å². The van der Waals surface area contributed by atoms with Gasteiger partial charge in [-0.3, -0.25) is 4.79 Å². The number of ether oxygens (including phenoxy) is 2. The highest BCUT2D eigenvalue weighted by molar-refractivity contribution is 5.97. The number of rotatable bonds is 7.